The zero-order valence-electron chi connectivity index (χ0n) is 18.0. The molecule has 4 atom stereocenters. The Kier molecular flexibility index (Phi) is 4.64. The molecule has 6 rings (SSSR count). The molecule has 0 radical (unpaired) electrons. The van der Waals surface area contributed by atoms with E-state index >= 15 is 0 Å². The number of hydrogen-bond donors (Lipinski definition) is 0. The molecule has 35 heavy (non-hydrogen) atoms. The number of halogens is 5. The highest BCUT2D eigenvalue weighted by atomic mass is 19.4. The quantitative estimate of drug-likeness (QED) is 0.506. The number of benzene rings is 1. The molecule has 0 N–H and O–H groups in total. The Labute approximate surface area is 195 Å². The van der Waals surface area contributed by atoms with Gasteiger partial charge in [0.15, 0.2) is 17.5 Å². The number of alkyl halides is 3. The average molecular weight is 488 g/mol. The first-order chi connectivity index (χ1) is 16.7. The first-order valence-corrected chi connectivity index (χ1v) is 10.9. The number of piperidine rings is 1. The van der Waals surface area contributed by atoms with Crippen LogP contribution in [0.15, 0.2) is 48.9 Å². The summed E-state index contributed by atoms with van der Waals surface area (Å²) in [6.07, 6.45) is -1.27. The summed E-state index contributed by atoms with van der Waals surface area (Å²) in [5.41, 5.74) is -0.546. The van der Waals surface area contributed by atoms with E-state index in [1.165, 1.54) is 0 Å². The SMILES string of the molecule is O=C(c1ccccc1-c1ncc(F)cn1)N1CC2CC23CC(Oc2ncc(C(F)(F)F)cc2F)C13. The van der Waals surface area contributed by atoms with Crippen LogP contribution in [0.1, 0.15) is 28.8 Å². The molecule has 6 nitrogen and oxygen atoms in total. The largest absolute Gasteiger partial charge is 0.470 e. The Hall–Kier alpha value is -3.63. The highest BCUT2D eigenvalue weighted by molar-refractivity contribution is 6.00. The minimum atomic E-state index is -4.72. The lowest BCUT2D eigenvalue weighted by molar-refractivity contribution is -0.138. The highest BCUT2D eigenvalue weighted by Gasteiger charge is 2.76. The normalized spacial score (nSPS) is 26.5. The summed E-state index contributed by atoms with van der Waals surface area (Å²) in [6, 6.07) is 6.72. The fourth-order valence-corrected chi connectivity index (χ4v) is 5.53. The van der Waals surface area contributed by atoms with Crippen molar-refractivity contribution in [2.75, 3.05) is 6.54 Å². The van der Waals surface area contributed by atoms with Gasteiger partial charge in [0.25, 0.3) is 11.8 Å². The maximum Gasteiger partial charge on any atom is 0.417 e. The molecule has 3 aromatic rings. The number of ether oxygens (including phenoxy) is 1. The van der Waals surface area contributed by atoms with Crippen molar-refractivity contribution in [2.45, 2.75) is 31.2 Å². The van der Waals surface area contributed by atoms with E-state index in [1.54, 1.807) is 29.2 Å². The van der Waals surface area contributed by atoms with Gasteiger partial charge in [0.1, 0.15) is 6.10 Å². The van der Waals surface area contributed by atoms with E-state index in [4.69, 9.17) is 4.74 Å². The van der Waals surface area contributed by atoms with Crippen molar-refractivity contribution in [1.29, 1.82) is 0 Å². The predicted molar refractivity (Wildman–Crippen MR) is 111 cm³/mol. The van der Waals surface area contributed by atoms with Crippen LogP contribution in [0.4, 0.5) is 22.0 Å². The van der Waals surface area contributed by atoms with Crippen LogP contribution in [-0.4, -0.2) is 44.4 Å². The minimum absolute atomic E-state index is 0.121. The van der Waals surface area contributed by atoms with Gasteiger partial charge in [0, 0.05) is 23.7 Å². The van der Waals surface area contributed by atoms with Crippen molar-refractivity contribution in [3.8, 4) is 17.3 Å². The fraction of sp³-hybridized carbons (Fsp3) is 0.333. The number of carbonyl (C=O) groups is 1. The maximum absolute atomic E-state index is 14.3. The molecule has 11 heteroatoms. The average Bonchev–Trinajstić information content (AvgIpc) is 3.48. The molecular weight excluding hydrogens is 471 g/mol. The molecule has 1 amide bonds. The third-order valence-electron chi connectivity index (χ3n) is 7.23. The molecule has 180 valence electrons. The third kappa shape index (κ3) is 3.43. The number of hydrogen-bond acceptors (Lipinski definition) is 5. The third-order valence-corrected chi connectivity index (χ3v) is 7.23. The second-order valence-electron chi connectivity index (χ2n) is 9.18. The molecule has 3 heterocycles. The summed E-state index contributed by atoms with van der Waals surface area (Å²) >= 11 is 0. The van der Waals surface area contributed by atoms with Gasteiger partial charge >= 0.3 is 6.18 Å². The molecule has 0 bridgehead atoms. The lowest BCUT2D eigenvalue weighted by Gasteiger charge is -2.47. The first kappa shape index (κ1) is 21.9. The molecule has 1 aliphatic heterocycles. The molecule has 2 saturated carbocycles. The van der Waals surface area contributed by atoms with Gasteiger partial charge in [-0.25, -0.2) is 23.7 Å². The molecule has 1 aromatic carbocycles. The first-order valence-electron chi connectivity index (χ1n) is 10.9. The van der Waals surface area contributed by atoms with E-state index in [9.17, 15) is 26.7 Å². The van der Waals surface area contributed by atoms with Gasteiger partial charge in [0.05, 0.1) is 29.6 Å². The molecule has 3 aliphatic rings. The van der Waals surface area contributed by atoms with Crippen LogP contribution in [0.25, 0.3) is 11.4 Å². The van der Waals surface area contributed by atoms with Crippen molar-refractivity contribution in [3.63, 3.8) is 0 Å². The molecular formula is C24H17F5N4O2. The van der Waals surface area contributed by atoms with Gasteiger partial charge < -0.3 is 9.64 Å². The van der Waals surface area contributed by atoms with E-state index in [0.717, 1.165) is 18.8 Å². The second kappa shape index (κ2) is 7.43. The predicted octanol–water partition coefficient (Wildman–Crippen LogP) is 4.52. The van der Waals surface area contributed by atoms with E-state index in [-0.39, 0.29) is 29.1 Å². The lowest BCUT2D eigenvalue weighted by Crippen LogP contribution is -2.59. The fourth-order valence-electron chi connectivity index (χ4n) is 5.53. The topological polar surface area (TPSA) is 68.2 Å². The van der Waals surface area contributed by atoms with E-state index in [2.05, 4.69) is 15.0 Å². The Morgan fingerprint density at radius 1 is 1.06 bits per heavy atom. The Morgan fingerprint density at radius 2 is 1.80 bits per heavy atom. The molecule has 3 fully saturated rings. The van der Waals surface area contributed by atoms with Gasteiger partial charge in [-0.2, -0.15) is 13.2 Å². The van der Waals surface area contributed by atoms with Crippen LogP contribution in [0, 0.1) is 23.0 Å². The zero-order chi connectivity index (χ0) is 24.5. The highest BCUT2D eigenvalue weighted by Crippen LogP contribution is 2.71. The van der Waals surface area contributed by atoms with Crippen LogP contribution >= 0.6 is 0 Å². The van der Waals surface area contributed by atoms with Crippen molar-refractivity contribution < 1.29 is 31.5 Å². The minimum Gasteiger partial charge on any atom is -0.470 e. The summed E-state index contributed by atoms with van der Waals surface area (Å²) in [7, 11) is 0. The van der Waals surface area contributed by atoms with Crippen LogP contribution in [0.5, 0.6) is 5.88 Å². The molecule has 1 spiro atoms. The summed E-state index contributed by atoms with van der Waals surface area (Å²) in [5.74, 6) is -2.13. The Morgan fingerprint density at radius 3 is 2.51 bits per heavy atom. The van der Waals surface area contributed by atoms with Crippen LogP contribution in [0.3, 0.4) is 0 Å². The number of nitrogens with zero attached hydrogens (tertiary/aromatic N) is 4. The summed E-state index contributed by atoms with van der Waals surface area (Å²) < 4.78 is 71.8. The van der Waals surface area contributed by atoms with Crippen molar-refractivity contribution in [2.24, 2.45) is 11.3 Å². The molecule has 1 saturated heterocycles. The molecule has 2 aliphatic carbocycles. The standard InChI is InChI=1S/C24H17F5N4O2/c25-14-9-30-20(31-10-14)15-3-1-2-4-16(15)22(34)33-11-13-6-23(13)7-18(19(23)33)35-21-17(26)5-12(8-32-21)24(27,28)29/h1-5,8-10,13,18-19H,6-7,11H2. The lowest BCUT2D eigenvalue weighted by atomic mass is 9.73. The van der Waals surface area contributed by atoms with Crippen LogP contribution < -0.4 is 4.74 Å². The van der Waals surface area contributed by atoms with Crippen molar-refractivity contribution in [1.82, 2.24) is 19.9 Å². The number of carbonyl (C=O) groups excluding carboxylic acids is 1. The molecule has 4 unspecified atom stereocenters. The Bertz CT molecular complexity index is 1330. The van der Waals surface area contributed by atoms with E-state index < -0.39 is 35.4 Å². The summed E-state index contributed by atoms with van der Waals surface area (Å²) in [5, 5.41) is 0. The number of pyridine rings is 1. The van der Waals surface area contributed by atoms with Gasteiger partial charge in [-0.05, 0) is 30.9 Å². The number of amides is 1. The monoisotopic (exact) mass is 488 g/mol. The van der Waals surface area contributed by atoms with Crippen molar-refractivity contribution in [3.05, 3.63) is 71.7 Å². The van der Waals surface area contributed by atoms with E-state index in [1.807, 2.05) is 0 Å². The van der Waals surface area contributed by atoms with Gasteiger partial charge in [0.2, 0.25) is 0 Å². The zero-order valence-corrected chi connectivity index (χ0v) is 18.0. The van der Waals surface area contributed by atoms with Crippen LogP contribution in [0.2, 0.25) is 0 Å². The van der Waals surface area contributed by atoms with E-state index in [0.29, 0.717) is 36.4 Å². The summed E-state index contributed by atoms with van der Waals surface area (Å²) in [4.78, 5) is 26.8. The van der Waals surface area contributed by atoms with Crippen LogP contribution in [-0.2, 0) is 6.18 Å². The van der Waals surface area contributed by atoms with Gasteiger partial charge in [-0.3, -0.25) is 4.79 Å². The van der Waals surface area contributed by atoms with Gasteiger partial charge in [-0.15, -0.1) is 0 Å². The summed E-state index contributed by atoms with van der Waals surface area (Å²) in [6.45, 7) is 0.491. The Balaban J connectivity index is 1.26. The van der Waals surface area contributed by atoms with Gasteiger partial charge in [-0.1, -0.05) is 18.2 Å². The number of likely N-dealkylation sites (tertiary alicyclic amines) is 1. The maximum atomic E-state index is 14.3. The molecule has 2 aromatic heterocycles. The number of aromatic nitrogens is 3. The second-order valence-corrected chi connectivity index (χ2v) is 9.18. The number of rotatable bonds is 4. The van der Waals surface area contributed by atoms with Crippen molar-refractivity contribution >= 4 is 5.91 Å². The smallest absolute Gasteiger partial charge is 0.417 e.